The van der Waals surface area contributed by atoms with Crippen LogP contribution in [0.2, 0.25) is 0 Å². The first-order valence-corrected chi connectivity index (χ1v) is 5.38. The highest BCUT2D eigenvalue weighted by Crippen LogP contribution is 2.23. The van der Waals surface area contributed by atoms with Gasteiger partial charge in [0, 0.05) is 23.5 Å². The zero-order chi connectivity index (χ0) is 13.8. The molecular weight excluding hydrogens is 254 g/mol. The first-order valence-electron chi connectivity index (χ1n) is 5.38. The van der Waals surface area contributed by atoms with Crippen molar-refractivity contribution in [3.63, 3.8) is 0 Å². The number of anilines is 1. The molecule has 0 aliphatic rings. The van der Waals surface area contributed by atoms with Gasteiger partial charge in [-0.2, -0.15) is 8.78 Å². The van der Waals surface area contributed by atoms with Crippen LogP contribution in [0.5, 0.6) is 5.75 Å². The van der Waals surface area contributed by atoms with E-state index in [1.54, 1.807) is 18.2 Å². The largest absolute Gasteiger partial charge is 0.435 e. The lowest BCUT2D eigenvalue weighted by molar-refractivity contribution is -0.0497. The molecule has 0 aliphatic heterocycles. The van der Waals surface area contributed by atoms with Gasteiger partial charge in [-0.1, -0.05) is 6.07 Å². The number of nitrogen functional groups attached to an aromatic ring is 1. The minimum Gasteiger partial charge on any atom is -0.435 e. The van der Waals surface area contributed by atoms with E-state index in [1.165, 1.54) is 24.4 Å². The van der Waals surface area contributed by atoms with E-state index in [4.69, 9.17) is 5.73 Å². The lowest BCUT2D eigenvalue weighted by atomic mass is 10.1. The molecule has 0 radical (unpaired) electrons. The Morgan fingerprint density at radius 2 is 2.05 bits per heavy atom. The number of ketones is 1. The molecule has 1 aromatic carbocycles. The van der Waals surface area contributed by atoms with Gasteiger partial charge in [0.15, 0.2) is 0 Å². The number of nitrogens with two attached hydrogens (primary N) is 1. The summed E-state index contributed by atoms with van der Waals surface area (Å²) in [6.45, 7) is -2.93. The molecule has 0 amide bonds. The number of nitrogens with zero attached hydrogens (tertiary/aromatic N) is 1. The molecule has 0 spiro atoms. The van der Waals surface area contributed by atoms with Gasteiger partial charge in [0.05, 0.1) is 0 Å². The SMILES string of the molecule is Nc1cc(OC(F)F)ccc1C(=O)c1ccccn1. The Kier molecular flexibility index (Phi) is 3.70. The topological polar surface area (TPSA) is 65.2 Å². The van der Waals surface area contributed by atoms with Crippen molar-refractivity contribution in [3.05, 3.63) is 53.9 Å². The molecule has 0 aliphatic carbocycles. The molecule has 0 saturated carbocycles. The third-order valence-electron chi connectivity index (χ3n) is 2.39. The maximum absolute atomic E-state index is 12.1. The lowest BCUT2D eigenvalue weighted by Gasteiger charge is -2.08. The lowest BCUT2D eigenvalue weighted by Crippen LogP contribution is -2.08. The number of alkyl halides is 2. The zero-order valence-electron chi connectivity index (χ0n) is 9.72. The van der Waals surface area contributed by atoms with Crippen LogP contribution in [0.15, 0.2) is 42.6 Å². The first-order chi connectivity index (χ1) is 9.08. The van der Waals surface area contributed by atoms with Crippen molar-refractivity contribution >= 4 is 11.5 Å². The summed E-state index contributed by atoms with van der Waals surface area (Å²) in [5.41, 5.74) is 6.15. The summed E-state index contributed by atoms with van der Waals surface area (Å²) >= 11 is 0. The molecule has 0 atom stereocenters. The highest BCUT2D eigenvalue weighted by molar-refractivity contribution is 6.11. The smallest absolute Gasteiger partial charge is 0.387 e. The average Bonchev–Trinajstić information content (AvgIpc) is 2.38. The second kappa shape index (κ2) is 5.43. The number of carbonyl (C=O) groups is 1. The van der Waals surface area contributed by atoms with Gasteiger partial charge < -0.3 is 10.5 Å². The summed E-state index contributed by atoms with van der Waals surface area (Å²) in [4.78, 5) is 16.0. The Balaban J connectivity index is 2.29. The van der Waals surface area contributed by atoms with Crippen LogP contribution in [-0.2, 0) is 0 Å². The molecule has 1 aromatic heterocycles. The fourth-order valence-corrected chi connectivity index (χ4v) is 1.56. The summed E-state index contributed by atoms with van der Waals surface area (Å²) in [5, 5.41) is 0. The Bertz CT molecular complexity index is 588. The van der Waals surface area contributed by atoms with Crippen LogP contribution in [0.4, 0.5) is 14.5 Å². The van der Waals surface area contributed by atoms with Gasteiger partial charge in [-0.25, -0.2) is 0 Å². The molecule has 2 rings (SSSR count). The minimum absolute atomic E-state index is 0.0637. The van der Waals surface area contributed by atoms with Crippen LogP contribution < -0.4 is 10.5 Å². The van der Waals surface area contributed by atoms with E-state index in [1.807, 2.05) is 0 Å². The third-order valence-corrected chi connectivity index (χ3v) is 2.39. The molecule has 0 fully saturated rings. The summed E-state index contributed by atoms with van der Waals surface area (Å²) in [6, 6.07) is 8.68. The van der Waals surface area contributed by atoms with Gasteiger partial charge in [0.2, 0.25) is 5.78 Å². The summed E-state index contributed by atoms with van der Waals surface area (Å²) in [6.07, 6.45) is 1.48. The van der Waals surface area contributed by atoms with E-state index in [-0.39, 0.29) is 28.5 Å². The van der Waals surface area contributed by atoms with E-state index >= 15 is 0 Å². The fraction of sp³-hybridized carbons (Fsp3) is 0.0769. The standard InChI is InChI=1S/C13H10F2N2O2/c14-13(15)19-8-4-5-9(10(16)7-8)12(18)11-3-1-2-6-17-11/h1-7,13H,16H2. The predicted octanol–water partition coefficient (Wildman–Crippen LogP) is 2.50. The summed E-state index contributed by atoms with van der Waals surface area (Å²) in [5.74, 6) is -0.466. The van der Waals surface area contributed by atoms with E-state index in [0.29, 0.717) is 0 Å². The minimum atomic E-state index is -2.93. The monoisotopic (exact) mass is 264 g/mol. The maximum Gasteiger partial charge on any atom is 0.387 e. The van der Waals surface area contributed by atoms with Crippen LogP contribution >= 0.6 is 0 Å². The number of rotatable bonds is 4. The van der Waals surface area contributed by atoms with E-state index in [9.17, 15) is 13.6 Å². The molecule has 19 heavy (non-hydrogen) atoms. The highest BCUT2D eigenvalue weighted by atomic mass is 19.3. The van der Waals surface area contributed by atoms with Crippen LogP contribution in [0.1, 0.15) is 16.1 Å². The number of halogens is 2. The normalized spacial score (nSPS) is 10.5. The van der Waals surface area contributed by atoms with Crippen molar-refractivity contribution in [1.82, 2.24) is 4.98 Å². The Labute approximate surface area is 107 Å². The number of aromatic nitrogens is 1. The molecule has 6 heteroatoms. The van der Waals surface area contributed by atoms with Gasteiger partial charge in [0.25, 0.3) is 0 Å². The number of hydrogen-bond acceptors (Lipinski definition) is 4. The average molecular weight is 264 g/mol. The van der Waals surface area contributed by atoms with Crippen molar-refractivity contribution in [2.24, 2.45) is 0 Å². The van der Waals surface area contributed by atoms with Crippen LogP contribution in [0, 0.1) is 0 Å². The molecule has 1 heterocycles. The van der Waals surface area contributed by atoms with Crippen LogP contribution in [0.25, 0.3) is 0 Å². The predicted molar refractivity (Wildman–Crippen MR) is 65.2 cm³/mol. The fourth-order valence-electron chi connectivity index (χ4n) is 1.56. The van der Waals surface area contributed by atoms with Crippen molar-refractivity contribution < 1.29 is 18.3 Å². The Morgan fingerprint density at radius 3 is 2.63 bits per heavy atom. The number of ether oxygens (including phenoxy) is 1. The summed E-state index contributed by atoms with van der Waals surface area (Å²) in [7, 11) is 0. The number of pyridine rings is 1. The maximum atomic E-state index is 12.1. The number of carbonyl (C=O) groups excluding carboxylic acids is 1. The van der Waals surface area contributed by atoms with Crippen molar-refractivity contribution in [2.75, 3.05) is 5.73 Å². The molecule has 98 valence electrons. The molecule has 0 bridgehead atoms. The molecule has 0 saturated heterocycles. The van der Waals surface area contributed by atoms with E-state index in [0.717, 1.165) is 0 Å². The van der Waals surface area contributed by atoms with Crippen LogP contribution in [0.3, 0.4) is 0 Å². The van der Waals surface area contributed by atoms with E-state index in [2.05, 4.69) is 9.72 Å². The van der Waals surface area contributed by atoms with Gasteiger partial charge in [-0.05, 0) is 24.3 Å². The third kappa shape index (κ3) is 3.04. The molecular formula is C13H10F2N2O2. The Hall–Kier alpha value is -2.50. The van der Waals surface area contributed by atoms with Crippen molar-refractivity contribution in [3.8, 4) is 5.75 Å². The van der Waals surface area contributed by atoms with Gasteiger partial charge in [-0.3, -0.25) is 9.78 Å². The Morgan fingerprint density at radius 1 is 1.26 bits per heavy atom. The molecule has 2 aromatic rings. The first kappa shape index (κ1) is 12.9. The van der Waals surface area contributed by atoms with Crippen molar-refractivity contribution in [1.29, 1.82) is 0 Å². The van der Waals surface area contributed by atoms with Gasteiger partial charge >= 0.3 is 6.61 Å². The highest BCUT2D eigenvalue weighted by Gasteiger charge is 2.14. The summed E-state index contributed by atoms with van der Waals surface area (Å²) < 4.78 is 28.3. The van der Waals surface area contributed by atoms with Crippen molar-refractivity contribution in [2.45, 2.75) is 6.61 Å². The van der Waals surface area contributed by atoms with Gasteiger partial charge in [0.1, 0.15) is 11.4 Å². The van der Waals surface area contributed by atoms with Gasteiger partial charge in [-0.15, -0.1) is 0 Å². The zero-order valence-corrected chi connectivity index (χ0v) is 9.72. The number of benzene rings is 1. The second-order valence-electron chi connectivity index (χ2n) is 3.67. The molecule has 2 N–H and O–H groups in total. The number of hydrogen-bond donors (Lipinski definition) is 1. The quantitative estimate of drug-likeness (QED) is 0.680. The molecule has 0 unspecified atom stereocenters. The van der Waals surface area contributed by atoms with E-state index < -0.39 is 6.61 Å². The second-order valence-corrected chi connectivity index (χ2v) is 3.67. The van der Waals surface area contributed by atoms with Crippen LogP contribution in [-0.4, -0.2) is 17.4 Å². The molecule has 4 nitrogen and oxygen atoms in total.